The molecule has 0 spiro atoms. The normalized spacial score (nSPS) is 11.1. The van der Waals surface area contributed by atoms with Gasteiger partial charge in [-0.1, -0.05) is 125 Å². The molecule has 0 aliphatic rings. The van der Waals surface area contributed by atoms with E-state index in [9.17, 15) is 4.79 Å². The van der Waals surface area contributed by atoms with Gasteiger partial charge in [0, 0.05) is 12.5 Å². The standard InChI is InChI=1S/C33H45ClN2O2S/c1-3-4-5-6-7-8-9-10-11-12-13-16-21-38-32-22-28(19-20-30(32)34)23-33(37)35-31-18-15-14-17-29(31)24-36-26-39-25-27(36)2/h14-15,17-20,22,25-26H,3-13,16,21,23-24H2,1-2H3/p+1. The Morgan fingerprint density at radius 3 is 2.26 bits per heavy atom. The lowest BCUT2D eigenvalue weighted by atomic mass is 10.1. The summed E-state index contributed by atoms with van der Waals surface area (Å²) < 4.78 is 8.18. The van der Waals surface area contributed by atoms with Crippen molar-refractivity contribution in [3.05, 3.63) is 75.2 Å². The van der Waals surface area contributed by atoms with Gasteiger partial charge in [0.1, 0.15) is 5.75 Å². The minimum Gasteiger partial charge on any atom is -0.492 e. The molecular weight excluding hydrogens is 524 g/mol. The molecule has 0 fully saturated rings. The van der Waals surface area contributed by atoms with Gasteiger partial charge >= 0.3 is 0 Å². The van der Waals surface area contributed by atoms with Crippen molar-refractivity contribution in [2.45, 2.75) is 104 Å². The Balaban J connectivity index is 1.36. The Morgan fingerprint density at radius 1 is 0.923 bits per heavy atom. The third-order valence-corrected chi connectivity index (χ3v) is 8.29. The van der Waals surface area contributed by atoms with E-state index >= 15 is 0 Å². The average molecular weight is 570 g/mol. The Morgan fingerprint density at radius 2 is 1.59 bits per heavy atom. The van der Waals surface area contributed by atoms with Gasteiger partial charge in [0.15, 0.2) is 12.2 Å². The molecule has 6 heteroatoms. The van der Waals surface area contributed by atoms with Crippen LogP contribution in [-0.4, -0.2) is 12.5 Å². The minimum atomic E-state index is -0.0521. The molecule has 39 heavy (non-hydrogen) atoms. The van der Waals surface area contributed by atoms with Crippen LogP contribution in [0, 0.1) is 6.92 Å². The number of rotatable bonds is 19. The topological polar surface area (TPSA) is 42.2 Å². The molecule has 0 saturated carbocycles. The first kappa shape index (κ1) is 31.2. The second-order valence-corrected chi connectivity index (χ2v) is 11.6. The van der Waals surface area contributed by atoms with Crippen LogP contribution in [0.25, 0.3) is 0 Å². The molecule has 1 aromatic heterocycles. The van der Waals surface area contributed by atoms with Crippen molar-refractivity contribution in [1.82, 2.24) is 0 Å². The molecule has 0 aliphatic carbocycles. The van der Waals surface area contributed by atoms with E-state index in [0.29, 0.717) is 17.4 Å². The third-order valence-electron chi connectivity index (χ3n) is 7.13. The number of ether oxygens (including phenoxy) is 1. The number of para-hydroxylation sites is 1. The first-order valence-corrected chi connectivity index (χ1v) is 16.1. The summed E-state index contributed by atoms with van der Waals surface area (Å²) in [6, 6.07) is 13.6. The van der Waals surface area contributed by atoms with Gasteiger partial charge in [-0.3, -0.25) is 4.79 Å². The Bertz CT molecular complexity index is 1130. The lowest BCUT2D eigenvalue weighted by Crippen LogP contribution is -2.34. The minimum absolute atomic E-state index is 0.0521. The molecule has 2 aromatic carbocycles. The number of aryl methyl sites for hydroxylation is 1. The van der Waals surface area contributed by atoms with Gasteiger partial charge in [-0.25, -0.2) is 0 Å². The van der Waals surface area contributed by atoms with Crippen LogP contribution in [0.15, 0.2) is 53.4 Å². The van der Waals surface area contributed by atoms with E-state index < -0.39 is 0 Å². The predicted molar refractivity (Wildman–Crippen MR) is 165 cm³/mol. The number of nitrogens with one attached hydrogen (secondary N) is 1. The number of aromatic nitrogens is 1. The number of anilines is 1. The zero-order valence-electron chi connectivity index (χ0n) is 23.9. The molecule has 1 amide bonds. The van der Waals surface area contributed by atoms with E-state index in [1.54, 1.807) is 11.3 Å². The maximum atomic E-state index is 12.9. The van der Waals surface area contributed by atoms with Gasteiger partial charge in [-0.2, -0.15) is 4.57 Å². The maximum Gasteiger partial charge on any atom is 0.228 e. The molecule has 0 atom stereocenters. The smallest absolute Gasteiger partial charge is 0.228 e. The predicted octanol–water partition coefficient (Wildman–Crippen LogP) is 9.31. The number of carbonyl (C=O) groups excluding carboxylic acids is 1. The number of hydrogen-bond donors (Lipinski definition) is 1. The van der Waals surface area contributed by atoms with Gasteiger partial charge in [-0.05, 0) is 30.2 Å². The summed E-state index contributed by atoms with van der Waals surface area (Å²) in [5, 5.41) is 5.81. The molecule has 0 unspecified atom stereocenters. The van der Waals surface area contributed by atoms with E-state index in [4.69, 9.17) is 16.3 Å². The summed E-state index contributed by atoms with van der Waals surface area (Å²) in [7, 11) is 0. The number of halogens is 1. The summed E-state index contributed by atoms with van der Waals surface area (Å²) in [5.41, 5.74) is 6.12. The molecule has 3 aromatic rings. The van der Waals surface area contributed by atoms with E-state index in [0.717, 1.165) is 29.8 Å². The highest BCUT2D eigenvalue weighted by Crippen LogP contribution is 2.26. The fourth-order valence-corrected chi connectivity index (χ4v) is 5.71. The van der Waals surface area contributed by atoms with Crippen molar-refractivity contribution < 1.29 is 14.1 Å². The Hall–Kier alpha value is -2.37. The van der Waals surface area contributed by atoms with Crippen LogP contribution in [0.2, 0.25) is 5.02 Å². The summed E-state index contributed by atoms with van der Waals surface area (Å²) in [6.45, 7) is 5.74. The van der Waals surface area contributed by atoms with Crippen LogP contribution < -0.4 is 14.6 Å². The van der Waals surface area contributed by atoms with Crippen LogP contribution >= 0.6 is 22.9 Å². The molecular formula is C33H46ClN2O2S+. The number of amides is 1. The second-order valence-electron chi connectivity index (χ2n) is 10.5. The summed E-state index contributed by atoms with van der Waals surface area (Å²) in [6.07, 6.45) is 16.1. The zero-order chi connectivity index (χ0) is 27.7. The summed E-state index contributed by atoms with van der Waals surface area (Å²) in [4.78, 5) is 12.9. The quantitative estimate of drug-likeness (QED) is 0.115. The highest BCUT2D eigenvalue weighted by molar-refractivity contribution is 7.07. The van der Waals surface area contributed by atoms with Crippen LogP contribution in [0.1, 0.15) is 101 Å². The lowest BCUT2D eigenvalue weighted by Gasteiger charge is -2.12. The number of benzene rings is 2. The highest BCUT2D eigenvalue weighted by atomic mass is 35.5. The fraction of sp³-hybridized carbons (Fsp3) is 0.515. The molecule has 1 heterocycles. The van der Waals surface area contributed by atoms with Crippen molar-refractivity contribution in [3.8, 4) is 5.75 Å². The largest absolute Gasteiger partial charge is 0.492 e. The molecule has 0 aliphatic heterocycles. The molecule has 0 saturated heterocycles. The molecule has 4 nitrogen and oxygen atoms in total. The van der Waals surface area contributed by atoms with E-state index in [-0.39, 0.29) is 12.3 Å². The number of unbranched alkanes of at least 4 members (excludes halogenated alkanes) is 11. The highest BCUT2D eigenvalue weighted by Gasteiger charge is 2.14. The number of nitrogens with zero attached hydrogens (tertiary/aromatic N) is 1. The lowest BCUT2D eigenvalue weighted by molar-refractivity contribution is -0.689. The van der Waals surface area contributed by atoms with Crippen molar-refractivity contribution in [3.63, 3.8) is 0 Å². The van der Waals surface area contributed by atoms with Crippen molar-refractivity contribution in [2.75, 3.05) is 11.9 Å². The maximum absolute atomic E-state index is 12.9. The first-order valence-electron chi connectivity index (χ1n) is 14.8. The van der Waals surface area contributed by atoms with Crippen molar-refractivity contribution in [2.24, 2.45) is 0 Å². The Labute approximate surface area is 244 Å². The molecule has 0 bridgehead atoms. The zero-order valence-corrected chi connectivity index (χ0v) is 25.4. The second kappa shape index (κ2) is 18.1. The number of hydrogen-bond acceptors (Lipinski definition) is 3. The average Bonchev–Trinajstić information content (AvgIpc) is 3.33. The van der Waals surface area contributed by atoms with E-state index in [1.807, 2.05) is 36.4 Å². The van der Waals surface area contributed by atoms with Gasteiger partial charge in [0.25, 0.3) is 0 Å². The van der Waals surface area contributed by atoms with Crippen molar-refractivity contribution >= 4 is 34.5 Å². The SMILES string of the molecule is CCCCCCCCCCCCCCOc1cc(CC(=O)Nc2ccccc2C[n+]2cscc2C)ccc1Cl. The van der Waals surface area contributed by atoms with Gasteiger partial charge in [0.2, 0.25) is 11.4 Å². The third kappa shape index (κ3) is 11.7. The van der Waals surface area contributed by atoms with Gasteiger partial charge in [0.05, 0.1) is 29.1 Å². The van der Waals surface area contributed by atoms with Crippen LogP contribution in [0.5, 0.6) is 5.75 Å². The molecule has 212 valence electrons. The van der Waals surface area contributed by atoms with Gasteiger partial charge in [-0.15, -0.1) is 0 Å². The van der Waals surface area contributed by atoms with Gasteiger partial charge < -0.3 is 10.1 Å². The molecule has 3 rings (SSSR count). The van der Waals surface area contributed by atoms with E-state index in [2.05, 4.69) is 40.7 Å². The molecule has 1 N–H and O–H groups in total. The van der Waals surface area contributed by atoms with Crippen LogP contribution in [0.4, 0.5) is 5.69 Å². The Kier molecular flexibility index (Phi) is 14.4. The number of thiazole rings is 1. The first-order chi connectivity index (χ1) is 19.1. The van der Waals surface area contributed by atoms with Crippen LogP contribution in [-0.2, 0) is 17.8 Å². The van der Waals surface area contributed by atoms with E-state index in [1.165, 1.54) is 76.3 Å². The number of carbonyl (C=O) groups is 1. The summed E-state index contributed by atoms with van der Waals surface area (Å²) >= 11 is 8.06. The van der Waals surface area contributed by atoms with Crippen molar-refractivity contribution in [1.29, 1.82) is 0 Å². The summed E-state index contributed by atoms with van der Waals surface area (Å²) in [5.74, 6) is 0.610. The fourth-order valence-electron chi connectivity index (χ4n) is 4.75. The van der Waals surface area contributed by atoms with Crippen LogP contribution in [0.3, 0.4) is 0 Å². The molecule has 0 radical (unpaired) electrons. The monoisotopic (exact) mass is 569 g/mol.